The Kier molecular flexibility index (Phi) is 6.62. The van der Waals surface area contributed by atoms with Gasteiger partial charge < -0.3 is 15.3 Å². The van der Waals surface area contributed by atoms with E-state index in [4.69, 9.17) is 0 Å². The summed E-state index contributed by atoms with van der Waals surface area (Å²) in [5, 5.41) is 29.0. The third kappa shape index (κ3) is 4.25. The van der Waals surface area contributed by atoms with E-state index in [-0.39, 0.29) is 18.4 Å². The van der Waals surface area contributed by atoms with Gasteiger partial charge >= 0.3 is 11.9 Å². The first kappa shape index (κ1) is 19.0. The van der Waals surface area contributed by atoms with Crippen LogP contribution in [0.2, 0.25) is 0 Å². The highest BCUT2D eigenvalue weighted by molar-refractivity contribution is 6.38. The fraction of sp³-hybridized carbons (Fsp3) is 0.625. The van der Waals surface area contributed by atoms with Gasteiger partial charge in [-0.1, -0.05) is 19.4 Å². The summed E-state index contributed by atoms with van der Waals surface area (Å²) in [4.78, 5) is 47.6. The summed E-state index contributed by atoms with van der Waals surface area (Å²) in [7, 11) is 0. The molecule has 0 amide bonds. The number of allylic oxidation sites excluding steroid dienone is 1. The lowest BCUT2D eigenvalue weighted by molar-refractivity contribution is -0.158. The van der Waals surface area contributed by atoms with E-state index < -0.39 is 53.8 Å². The summed E-state index contributed by atoms with van der Waals surface area (Å²) in [6.45, 7) is 3.30. The van der Waals surface area contributed by atoms with Crippen molar-refractivity contribution in [3.63, 3.8) is 0 Å². The highest BCUT2D eigenvalue weighted by atomic mass is 16.4. The second-order valence-corrected chi connectivity index (χ2v) is 5.78. The molecule has 1 rings (SSSR count). The van der Waals surface area contributed by atoms with Crippen molar-refractivity contribution in [1.82, 2.24) is 0 Å². The second kappa shape index (κ2) is 8.01. The molecule has 0 aromatic heterocycles. The predicted molar refractivity (Wildman–Crippen MR) is 79.7 cm³/mol. The van der Waals surface area contributed by atoms with E-state index in [1.54, 1.807) is 13.8 Å². The maximum absolute atomic E-state index is 12.3. The summed E-state index contributed by atoms with van der Waals surface area (Å²) in [6, 6.07) is 0. The van der Waals surface area contributed by atoms with Crippen molar-refractivity contribution in [1.29, 1.82) is 0 Å². The maximum Gasteiger partial charge on any atom is 0.308 e. The molecule has 0 radical (unpaired) electrons. The zero-order chi connectivity index (χ0) is 17.7. The van der Waals surface area contributed by atoms with E-state index in [2.05, 4.69) is 0 Å². The van der Waals surface area contributed by atoms with Gasteiger partial charge in [0, 0.05) is 12.3 Å². The molecule has 0 bridgehead atoms. The monoisotopic (exact) mass is 326 g/mol. The first-order valence-corrected chi connectivity index (χ1v) is 7.60. The number of aliphatic carboxylic acids is 2. The van der Waals surface area contributed by atoms with Gasteiger partial charge in [-0.2, -0.15) is 0 Å². The number of carbonyl (C=O) groups is 4. The minimum atomic E-state index is -1.50. The molecule has 2 unspecified atom stereocenters. The van der Waals surface area contributed by atoms with Crippen molar-refractivity contribution in [2.75, 3.05) is 0 Å². The van der Waals surface area contributed by atoms with Gasteiger partial charge in [-0.05, 0) is 25.3 Å². The van der Waals surface area contributed by atoms with Gasteiger partial charge in [0.25, 0.3) is 0 Å². The van der Waals surface area contributed by atoms with Gasteiger partial charge in [-0.15, -0.1) is 0 Å². The second-order valence-electron chi connectivity index (χ2n) is 5.78. The van der Waals surface area contributed by atoms with E-state index in [0.717, 1.165) is 0 Å². The minimum Gasteiger partial charge on any atom is -0.481 e. The number of carboxylic acid groups (broad SMARTS) is 2. The molecule has 0 aliphatic heterocycles. The number of aliphatic hydroxyl groups is 1. The van der Waals surface area contributed by atoms with E-state index >= 15 is 0 Å². The number of ketones is 2. The Balaban J connectivity index is 3.46. The van der Waals surface area contributed by atoms with Crippen LogP contribution >= 0.6 is 0 Å². The third-order valence-corrected chi connectivity index (χ3v) is 4.31. The molecule has 7 nitrogen and oxygen atoms in total. The zero-order valence-corrected chi connectivity index (χ0v) is 13.2. The first-order chi connectivity index (χ1) is 10.7. The van der Waals surface area contributed by atoms with Crippen molar-refractivity contribution in [3.8, 4) is 0 Å². The lowest BCUT2D eigenvalue weighted by Crippen LogP contribution is -2.40. The first-order valence-electron chi connectivity index (χ1n) is 7.60. The van der Waals surface area contributed by atoms with Crippen molar-refractivity contribution < 1.29 is 34.5 Å². The smallest absolute Gasteiger partial charge is 0.308 e. The van der Waals surface area contributed by atoms with Crippen LogP contribution in [0.4, 0.5) is 0 Å². The molecule has 0 aromatic rings. The molecule has 0 aromatic carbocycles. The lowest BCUT2D eigenvalue weighted by Gasteiger charge is -2.26. The average molecular weight is 326 g/mol. The number of rotatable bonds is 4. The molecule has 1 aliphatic carbocycles. The number of carboxylic acids is 2. The minimum absolute atomic E-state index is 0.118. The molecule has 23 heavy (non-hydrogen) atoms. The third-order valence-electron chi connectivity index (χ3n) is 4.31. The normalized spacial score (nSPS) is 31.3. The van der Waals surface area contributed by atoms with Gasteiger partial charge in [0.15, 0.2) is 0 Å². The molecule has 7 heteroatoms. The van der Waals surface area contributed by atoms with Crippen LogP contribution in [0.15, 0.2) is 11.6 Å². The summed E-state index contributed by atoms with van der Waals surface area (Å²) in [5.74, 6) is -8.58. The number of Topliss-reactive ketones (excluding diaryl/α,β-unsaturated/α-hetero) is 2. The van der Waals surface area contributed by atoms with Gasteiger partial charge in [0.05, 0.1) is 17.9 Å². The Labute approximate surface area is 134 Å². The van der Waals surface area contributed by atoms with Crippen LogP contribution in [0.5, 0.6) is 0 Å². The SMILES string of the molecule is C/C=C1/CC(C(=O)O)C(C(=O)O)[C@H](CCC)C(=O)C(=O)C[C@@H]1O. The average Bonchev–Trinajstić information content (AvgIpc) is 2.50. The predicted octanol–water partition coefficient (Wildman–Crippen LogP) is 1.04. The fourth-order valence-electron chi connectivity index (χ4n) is 3.09. The maximum atomic E-state index is 12.3. The lowest BCUT2D eigenvalue weighted by atomic mass is 9.74. The molecule has 4 atom stereocenters. The largest absolute Gasteiger partial charge is 0.481 e. The van der Waals surface area contributed by atoms with Crippen LogP contribution in [0.25, 0.3) is 0 Å². The van der Waals surface area contributed by atoms with Crippen LogP contribution in [0, 0.1) is 17.8 Å². The van der Waals surface area contributed by atoms with Gasteiger partial charge in [0.2, 0.25) is 11.6 Å². The van der Waals surface area contributed by atoms with Crippen LogP contribution in [-0.4, -0.2) is 44.9 Å². The molecule has 0 heterocycles. The van der Waals surface area contributed by atoms with Gasteiger partial charge in [-0.3, -0.25) is 19.2 Å². The molecular weight excluding hydrogens is 304 g/mol. The molecular formula is C16H22O7. The summed E-state index contributed by atoms with van der Waals surface area (Å²) >= 11 is 0. The van der Waals surface area contributed by atoms with Crippen LogP contribution < -0.4 is 0 Å². The van der Waals surface area contributed by atoms with Crippen LogP contribution in [-0.2, 0) is 19.2 Å². The van der Waals surface area contributed by atoms with Crippen LogP contribution in [0.3, 0.4) is 0 Å². The number of hydrogen-bond donors (Lipinski definition) is 3. The van der Waals surface area contributed by atoms with Gasteiger partial charge in [0.1, 0.15) is 0 Å². The van der Waals surface area contributed by atoms with Gasteiger partial charge in [-0.25, -0.2) is 0 Å². The highest BCUT2D eigenvalue weighted by Gasteiger charge is 2.46. The highest BCUT2D eigenvalue weighted by Crippen LogP contribution is 2.34. The molecule has 0 saturated heterocycles. The number of carbonyl (C=O) groups excluding carboxylic acids is 2. The van der Waals surface area contributed by atoms with E-state index in [1.807, 2.05) is 0 Å². The summed E-state index contributed by atoms with van der Waals surface area (Å²) in [6.07, 6.45) is 0.110. The Morgan fingerprint density at radius 1 is 1.17 bits per heavy atom. The quantitative estimate of drug-likeness (QED) is 0.520. The summed E-state index contributed by atoms with van der Waals surface area (Å²) < 4.78 is 0. The van der Waals surface area contributed by atoms with Crippen molar-refractivity contribution in [2.24, 2.45) is 17.8 Å². The zero-order valence-electron chi connectivity index (χ0n) is 13.2. The van der Waals surface area contributed by atoms with E-state index in [1.165, 1.54) is 6.08 Å². The molecule has 0 spiro atoms. The van der Waals surface area contributed by atoms with E-state index in [9.17, 15) is 34.5 Å². The van der Waals surface area contributed by atoms with Crippen LogP contribution in [0.1, 0.15) is 39.5 Å². The Morgan fingerprint density at radius 3 is 2.22 bits per heavy atom. The summed E-state index contributed by atoms with van der Waals surface area (Å²) in [5.41, 5.74) is 0.266. The molecule has 1 fully saturated rings. The molecule has 1 saturated carbocycles. The molecule has 1 aliphatic rings. The Morgan fingerprint density at radius 2 is 1.78 bits per heavy atom. The van der Waals surface area contributed by atoms with Crippen molar-refractivity contribution in [3.05, 3.63) is 11.6 Å². The number of aliphatic hydroxyl groups excluding tert-OH is 1. The fourth-order valence-corrected chi connectivity index (χ4v) is 3.09. The standard InChI is InChI=1S/C16H22O7/c1-3-5-9-13(16(22)23)10(15(20)21)6-8(4-2)11(17)7-12(18)14(9)19/h4,9-11,13,17H,3,5-7H2,1-2H3,(H,20,21)(H,22,23)/b8-4-/t9-,10?,11-,13?/m0/s1. The van der Waals surface area contributed by atoms with Crippen molar-refractivity contribution >= 4 is 23.5 Å². The Hall–Kier alpha value is -2.02. The van der Waals surface area contributed by atoms with E-state index in [0.29, 0.717) is 6.42 Å². The Bertz CT molecular complexity index is 535. The molecule has 3 N–H and O–H groups in total. The van der Waals surface area contributed by atoms with Crippen molar-refractivity contribution in [2.45, 2.75) is 45.6 Å². The molecule has 128 valence electrons. The number of hydrogen-bond acceptors (Lipinski definition) is 5. The topological polar surface area (TPSA) is 129 Å².